The van der Waals surface area contributed by atoms with E-state index in [0.717, 1.165) is 5.56 Å². The third kappa shape index (κ3) is 3.76. The Kier molecular flexibility index (Phi) is 5.11. The molecule has 0 spiro atoms. The number of rotatable bonds is 3. The summed E-state index contributed by atoms with van der Waals surface area (Å²) in [6.07, 6.45) is 0. The van der Waals surface area contributed by atoms with Crippen molar-refractivity contribution in [1.29, 1.82) is 5.26 Å². The highest BCUT2D eigenvalue weighted by Gasteiger charge is 2.10. The van der Waals surface area contributed by atoms with Crippen LogP contribution in [0.5, 0.6) is 0 Å². The second-order valence-corrected chi connectivity index (χ2v) is 3.42. The van der Waals surface area contributed by atoms with E-state index in [1.807, 2.05) is 36.4 Å². The Morgan fingerprint density at radius 2 is 2.06 bits per heavy atom. The van der Waals surface area contributed by atoms with Gasteiger partial charge in [0.1, 0.15) is 6.54 Å². The van der Waals surface area contributed by atoms with E-state index >= 15 is 0 Å². The van der Waals surface area contributed by atoms with E-state index in [0.29, 0.717) is 6.54 Å². The van der Waals surface area contributed by atoms with Gasteiger partial charge >= 0.3 is 0 Å². The summed E-state index contributed by atoms with van der Waals surface area (Å²) in [6, 6.07) is 11.4. The van der Waals surface area contributed by atoms with E-state index in [1.54, 1.807) is 0 Å². The van der Waals surface area contributed by atoms with E-state index in [2.05, 4.69) is 26.7 Å². The number of hydrogen-bond donors (Lipinski definition) is 0. The van der Waals surface area contributed by atoms with E-state index in [4.69, 9.17) is 5.26 Å². The lowest BCUT2D eigenvalue weighted by atomic mass is 10.2. The molecule has 0 aliphatic rings. The Morgan fingerprint density at radius 3 is 2.62 bits per heavy atom. The lowest BCUT2D eigenvalue weighted by Crippen LogP contribution is -2.29. The molecule has 0 unspecified atom stereocenters. The van der Waals surface area contributed by atoms with Crippen molar-refractivity contribution in [2.75, 3.05) is 6.54 Å². The summed E-state index contributed by atoms with van der Waals surface area (Å²) in [7, 11) is 0. The van der Waals surface area contributed by atoms with Crippen LogP contribution in [0, 0.1) is 22.1 Å². The van der Waals surface area contributed by atoms with Crippen molar-refractivity contribution in [3.63, 3.8) is 0 Å². The first-order valence-corrected chi connectivity index (χ1v) is 5.38. The molecule has 0 aliphatic heterocycles. The SMILES string of the molecule is N#CCN(Cc1ccccc1)C(=O)C#CBr. The van der Waals surface area contributed by atoms with Gasteiger partial charge in [-0.1, -0.05) is 30.3 Å². The smallest absolute Gasteiger partial charge is 0.300 e. The minimum absolute atomic E-state index is 0.0371. The summed E-state index contributed by atoms with van der Waals surface area (Å²) in [5.41, 5.74) is 0.975. The summed E-state index contributed by atoms with van der Waals surface area (Å²) >= 11 is 2.86. The molecule has 0 aromatic heterocycles. The van der Waals surface area contributed by atoms with Crippen LogP contribution < -0.4 is 0 Å². The second-order valence-electron chi connectivity index (χ2n) is 3.02. The van der Waals surface area contributed by atoms with Crippen LogP contribution in [0.1, 0.15) is 5.56 Å². The van der Waals surface area contributed by atoms with Gasteiger partial charge in [-0.25, -0.2) is 0 Å². The molecule has 16 heavy (non-hydrogen) atoms. The van der Waals surface area contributed by atoms with Crippen LogP contribution in [-0.4, -0.2) is 17.4 Å². The molecular weight excluding hydrogens is 268 g/mol. The normalized spacial score (nSPS) is 8.50. The third-order valence-electron chi connectivity index (χ3n) is 1.92. The van der Waals surface area contributed by atoms with Crippen LogP contribution in [0.3, 0.4) is 0 Å². The predicted octanol–water partition coefficient (Wildman–Crippen LogP) is 1.89. The highest BCUT2D eigenvalue weighted by atomic mass is 79.9. The van der Waals surface area contributed by atoms with Gasteiger partial charge in [0, 0.05) is 28.4 Å². The Morgan fingerprint density at radius 1 is 1.38 bits per heavy atom. The van der Waals surface area contributed by atoms with Crippen LogP contribution in [-0.2, 0) is 11.3 Å². The highest BCUT2D eigenvalue weighted by Crippen LogP contribution is 2.04. The fourth-order valence-electron chi connectivity index (χ4n) is 1.21. The summed E-state index contributed by atoms with van der Waals surface area (Å²) in [6.45, 7) is 0.435. The standard InChI is InChI=1S/C12H9BrN2O/c13-7-6-12(16)15(9-8-14)10-11-4-2-1-3-5-11/h1-5H,9-10H2. The molecule has 0 radical (unpaired) electrons. The largest absolute Gasteiger partial charge is 0.314 e. The van der Waals surface area contributed by atoms with Crippen molar-refractivity contribution in [1.82, 2.24) is 4.90 Å². The average Bonchev–Trinajstić information content (AvgIpc) is 2.30. The van der Waals surface area contributed by atoms with Gasteiger partial charge in [0.25, 0.3) is 5.91 Å². The molecule has 0 fully saturated rings. The van der Waals surface area contributed by atoms with Gasteiger partial charge in [-0.3, -0.25) is 4.79 Å². The minimum atomic E-state index is -0.359. The average molecular weight is 277 g/mol. The van der Waals surface area contributed by atoms with Gasteiger partial charge in [-0.05, 0) is 10.4 Å². The van der Waals surface area contributed by atoms with Crippen LogP contribution in [0.25, 0.3) is 0 Å². The molecule has 0 saturated heterocycles. The lowest BCUT2D eigenvalue weighted by molar-refractivity contribution is -0.125. The minimum Gasteiger partial charge on any atom is -0.314 e. The molecule has 0 saturated carbocycles. The molecule has 4 heteroatoms. The van der Waals surface area contributed by atoms with Crippen LogP contribution >= 0.6 is 15.9 Å². The number of carbonyl (C=O) groups is 1. The number of halogens is 1. The number of nitrogens with zero attached hydrogens (tertiary/aromatic N) is 2. The molecule has 1 aromatic rings. The van der Waals surface area contributed by atoms with Crippen molar-refractivity contribution < 1.29 is 4.79 Å². The molecule has 0 N–H and O–H groups in total. The van der Waals surface area contributed by atoms with Crippen molar-refractivity contribution in [3.05, 3.63) is 35.9 Å². The van der Waals surface area contributed by atoms with Crippen LogP contribution in [0.15, 0.2) is 30.3 Å². The van der Waals surface area contributed by atoms with Crippen molar-refractivity contribution in [2.24, 2.45) is 0 Å². The van der Waals surface area contributed by atoms with Crippen molar-refractivity contribution >= 4 is 21.8 Å². The van der Waals surface area contributed by atoms with E-state index in [-0.39, 0.29) is 12.5 Å². The summed E-state index contributed by atoms with van der Waals surface area (Å²) < 4.78 is 0. The second kappa shape index (κ2) is 6.66. The number of nitriles is 1. The fourth-order valence-corrected chi connectivity index (χ4v) is 1.38. The summed E-state index contributed by atoms with van der Waals surface area (Å²) in [5.74, 6) is 1.99. The fraction of sp³-hybridized carbons (Fsp3) is 0.167. The molecule has 0 atom stereocenters. The maximum atomic E-state index is 11.5. The molecule has 1 aromatic carbocycles. The van der Waals surface area contributed by atoms with E-state index < -0.39 is 0 Å². The Labute approximate surface area is 103 Å². The zero-order valence-corrected chi connectivity index (χ0v) is 10.1. The number of carbonyl (C=O) groups excluding carboxylic acids is 1. The molecule has 3 nitrogen and oxygen atoms in total. The summed E-state index contributed by atoms with van der Waals surface area (Å²) in [4.78, 5) is 15.3. The number of hydrogen-bond acceptors (Lipinski definition) is 2. The van der Waals surface area contributed by atoms with Gasteiger partial charge in [0.15, 0.2) is 0 Å². The Hall–Kier alpha value is -1.78. The number of benzene rings is 1. The number of amides is 1. The molecule has 1 amide bonds. The van der Waals surface area contributed by atoms with Crippen molar-refractivity contribution in [3.8, 4) is 16.8 Å². The zero-order valence-electron chi connectivity index (χ0n) is 8.48. The third-order valence-corrected chi connectivity index (χ3v) is 2.12. The molecule has 0 heterocycles. The topological polar surface area (TPSA) is 44.1 Å². The molecule has 80 valence electrons. The van der Waals surface area contributed by atoms with Crippen molar-refractivity contribution in [2.45, 2.75) is 6.54 Å². The monoisotopic (exact) mass is 276 g/mol. The van der Waals surface area contributed by atoms with Gasteiger partial charge in [0.05, 0.1) is 6.07 Å². The molecule has 1 rings (SSSR count). The Balaban J connectivity index is 2.75. The maximum Gasteiger partial charge on any atom is 0.300 e. The van der Waals surface area contributed by atoms with Gasteiger partial charge in [-0.2, -0.15) is 5.26 Å². The van der Waals surface area contributed by atoms with Crippen LogP contribution in [0.4, 0.5) is 0 Å². The van der Waals surface area contributed by atoms with Gasteiger partial charge < -0.3 is 4.90 Å². The highest BCUT2D eigenvalue weighted by molar-refractivity contribution is 9.12. The molecule has 0 bridgehead atoms. The molecule has 0 aliphatic carbocycles. The first-order valence-electron chi connectivity index (χ1n) is 4.59. The van der Waals surface area contributed by atoms with Gasteiger partial charge in [-0.15, -0.1) is 0 Å². The van der Waals surface area contributed by atoms with E-state index in [9.17, 15) is 4.79 Å². The Bertz CT molecular complexity index is 453. The van der Waals surface area contributed by atoms with Crippen LogP contribution in [0.2, 0.25) is 0 Å². The lowest BCUT2D eigenvalue weighted by Gasteiger charge is -2.16. The van der Waals surface area contributed by atoms with Gasteiger partial charge in [0.2, 0.25) is 0 Å². The maximum absolute atomic E-state index is 11.5. The molecular formula is C12H9BrN2O. The quantitative estimate of drug-likeness (QED) is 0.625. The first kappa shape index (κ1) is 12.3. The first-order chi connectivity index (χ1) is 7.77. The summed E-state index contributed by atoms with van der Waals surface area (Å²) in [5, 5.41) is 8.63. The van der Waals surface area contributed by atoms with E-state index in [1.165, 1.54) is 4.90 Å². The zero-order chi connectivity index (χ0) is 11.8. The predicted molar refractivity (Wildman–Crippen MR) is 64.2 cm³/mol.